The fourth-order valence-corrected chi connectivity index (χ4v) is 2.68. The van der Waals surface area contributed by atoms with Gasteiger partial charge in [-0.15, -0.1) is 0 Å². The summed E-state index contributed by atoms with van der Waals surface area (Å²) in [5.41, 5.74) is 6.81. The molecular formula is C13H12N4O2S. The van der Waals surface area contributed by atoms with E-state index in [0.29, 0.717) is 5.56 Å². The summed E-state index contributed by atoms with van der Waals surface area (Å²) in [6, 6.07) is 11.5. The average molecular weight is 288 g/mol. The summed E-state index contributed by atoms with van der Waals surface area (Å²) in [5, 5.41) is 8.68. The summed E-state index contributed by atoms with van der Waals surface area (Å²) >= 11 is 0. The minimum absolute atomic E-state index is 0.0418. The molecule has 6 nitrogen and oxygen atoms in total. The summed E-state index contributed by atoms with van der Waals surface area (Å²) in [5.74, 6) is -0.0418. The highest BCUT2D eigenvalue weighted by Gasteiger charge is 2.17. The zero-order valence-electron chi connectivity index (χ0n) is 10.4. The van der Waals surface area contributed by atoms with E-state index in [0.717, 1.165) is 5.56 Å². The second-order valence-corrected chi connectivity index (χ2v) is 5.76. The quantitative estimate of drug-likeness (QED) is 0.872. The van der Waals surface area contributed by atoms with Crippen LogP contribution in [0.1, 0.15) is 11.1 Å². The lowest BCUT2D eigenvalue weighted by molar-refractivity contribution is 0.581. The van der Waals surface area contributed by atoms with Crippen molar-refractivity contribution in [1.29, 1.82) is 5.26 Å². The first-order valence-corrected chi connectivity index (χ1v) is 7.20. The SMILES string of the molecule is N#Cc1ccc(CNS(=O)(=O)c2cccnc2N)cc1. The van der Waals surface area contributed by atoms with Gasteiger partial charge >= 0.3 is 0 Å². The Kier molecular flexibility index (Phi) is 3.98. The van der Waals surface area contributed by atoms with Gasteiger partial charge in [-0.25, -0.2) is 18.1 Å². The molecule has 0 saturated carbocycles. The van der Waals surface area contributed by atoms with E-state index in [9.17, 15) is 8.42 Å². The molecule has 0 unspecified atom stereocenters. The summed E-state index contributed by atoms with van der Waals surface area (Å²) in [6.45, 7) is 0.113. The van der Waals surface area contributed by atoms with E-state index in [1.54, 1.807) is 24.3 Å². The van der Waals surface area contributed by atoms with Gasteiger partial charge in [0, 0.05) is 12.7 Å². The predicted molar refractivity (Wildman–Crippen MR) is 73.8 cm³/mol. The molecule has 102 valence electrons. The van der Waals surface area contributed by atoms with E-state index in [2.05, 4.69) is 9.71 Å². The Labute approximate surface area is 116 Å². The molecule has 2 rings (SSSR count). The van der Waals surface area contributed by atoms with Gasteiger partial charge in [0.05, 0.1) is 11.6 Å². The number of sulfonamides is 1. The fourth-order valence-electron chi connectivity index (χ4n) is 1.58. The Morgan fingerprint density at radius 1 is 1.25 bits per heavy atom. The van der Waals surface area contributed by atoms with Crippen molar-refractivity contribution in [2.75, 3.05) is 5.73 Å². The molecule has 0 bridgehead atoms. The largest absolute Gasteiger partial charge is 0.383 e. The second-order valence-electron chi connectivity index (χ2n) is 4.02. The molecule has 0 aliphatic carbocycles. The lowest BCUT2D eigenvalue weighted by Gasteiger charge is -2.08. The molecule has 1 aromatic carbocycles. The highest BCUT2D eigenvalue weighted by molar-refractivity contribution is 7.89. The maximum Gasteiger partial charge on any atom is 0.244 e. The first-order chi connectivity index (χ1) is 9.53. The second kappa shape index (κ2) is 5.69. The van der Waals surface area contributed by atoms with Crippen molar-refractivity contribution in [2.45, 2.75) is 11.4 Å². The van der Waals surface area contributed by atoms with Crippen molar-refractivity contribution < 1.29 is 8.42 Å². The molecule has 0 aliphatic heterocycles. The molecule has 1 heterocycles. The van der Waals surface area contributed by atoms with Crippen LogP contribution in [0.5, 0.6) is 0 Å². The molecule has 20 heavy (non-hydrogen) atoms. The van der Waals surface area contributed by atoms with Gasteiger partial charge < -0.3 is 5.73 Å². The monoisotopic (exact) mass is 288 g/mol. The normalized spacial score (nSPS) is 10.9. The summed E-state index contributed by atoms with van der Waals surface area (Å²) in [4.78, 5) is 3.70. The van der Waals surface area contributed by atoms with Crippen molar-refractivity contribution >= 4 is 15.8 Å². The summed E-state index contributed by atoms with van der Waals surface area (Å²) in [7, 11) is -3.71. The number of nitrogens with two attached hydrogens (primary N) is 1. The van der Waals surface area contributed by atoms with Crippen LogP contribution in [0.2, 0.25) is 0 Å². The van der Waals surface area contributed by atoms with Crippen LogP contribution in [0, 0.1) is 11.3 Å². The van der Waals surface area contributed by atoms with E-state index in [-0.39, 0.29) is 17.3 Å². The highest BCUT2D eigenvalue weighted by Crippen LogP contribution is 2.14. The van der Waals surface area contributed by atoms with Crippen LogP contribution >= 0.6 is 0 Å². The van der Waals surface area contributed by atoms with Crippen molar-refractivity contribution in [2.24, 2.45) is 0 Å². The van der Waals surface area contributed by atoms with Gasteiger partial charge in [0.1, 0.15) is 10.7 Å². The lowest BCUT2D eigenvalue weighted by Crippen LogP contribution is -2.24. The Morgan fingerprint density at radius 2 is 1.95 bits per heavy atom. The molecule has 7 heteroatoms. The number of hydrogen-bond donors (Lipinski definition) is 2. The van der Waals surface area contributed by atoms with Crippen LogP contribution in [0.3, 0.4) is 0 Å². The first-order valence-electron chi connectivity index (χ1n) is 5.72. The Hall–Kier alpha value is -2.43. The smallest absolute Gasteiger partial charge is 0.244 e. The topological polar surface area (TPSA) is 109 Å². The molecule has 2 aromatic rings. The summed E-state index contributed by atoms with van der Waals surface area (Å²) < 4.78 is 26.6. The molecule has 3 N–H and O–H groups in total. The number of anilines is 1. The number of pyridine rings is 1. The van der Waals surface area contributed by atoms with E-state index < -0.39 is 10.0 Å². The number of rotatable bonds is 4. The summed E-state index contributed by atoms with van der Waals surface area (Å²) in [6.07, 6.45) is 1.43. The number of nitrogens with zero attached hydrogens (tertiary/aromatic N) is 2. The molecule has 0 saturated heterocycles. The third kappa shape index (κ3) is 3.12. The number of nitrogen functional groups attached to an aromatic ring is 1. The number of hydrogen-bond acceptors (Lipinski definition) is 5. The van der Waals surface area contributed by atoms with Crippen LogP contribution in [0.15, 0.2) is 47.5 Å². The van der Waals surface area contributed by atoms with Crippen LogP contribution in [-0.2, 0) is 16.6 Å². The van der Waals surface area contributed by atoms with Gasteiger partial charge in [0.15, 0.2) is 0 Å². The molecular weight excluding hydrogens is 276 g/mol. The molecule has 0 atom stereocenters. The molecule has 0 spiro atoms. The van der Waals surface area contributed by atoms with E-state index in [1.165, 1.54) is 18.3 Å². The zero-order chi connectivity index (χ0) is 14.6. The zero-order valence-corrected chi connectivity index (χ0v) is 11.3. The number of nitriles is 1. The van der Waals surface area contributed by atoms with Crippen LogP contribution in [-0.4, -0.2) is 13.4 Å². The van der Waals surface area contributed by atoms with E-state index in [4.69, 9.17) is 11.0 Å². The maximum absolute atomic E-state index is 12.1. The van der Waals surface area contributed by atoms with Crippen molar-refractivity contribution in [3.8, 4) is 6.07 Å². The van der Waals surface area contributed by atoms with E-state index in [1.807, 2.05) is 6.07 Å². The average Bonchev–Trinajstić information content (AvgIpc) is 2.46. The van der Waals surface area contributed by atoms with Gasteiger partial charge in [0.2, 0.25) is 10.0 Å². The third-order valence-electron chi connectivity index (χ3n) is 2.64. The van der Waals surface area contributed by atoms with Gasteiger partial charge in [-0.2, -0.15) is 5.26 Å². The van der Waals surface area contributed by atoms with Crippen LogP contribution in [0.4, 0.5) is 5.82 Å². The van der Waals surface area contributed by atoms with Crippen molar-refractivity contribution in [3.63, 3.8) is 0 Å². The first kappa shape index (κ1) is 14.0. The van der Waals surface area contributed by atoms with Crippen LogP contribution in [0.25, 0.3) is 0 Å². The van der Waals surface area contributed by atoms with E-state index >= 15 is 0 Å². The predicted octanol–water partition coefficient (Wildman–Crippen LogP) is 1.01. The number of benzene rings is 1. The van der Waals surface area contributed by atoms with Gasteiger partial charge in [-0.3, -0.25) is 0 Å². The van der Waals surface area contributed by atoms with Crippen LogP contribution < -0.4 is 10.5 Å². The molecule has 1 aromatic heterocycles. The molecule has 0 fully saturated rings. The molecule has 0 aliphatic rings. The van der Waals surface area contributed by atoms with Crippen molar-refractivity contribution in [1.82, 2.24) is 9.71 Å². The third-order valence-corrected chi connectivity index (χ3v) is 4.09. The highest BCUT2D eigenvalue weighted by atomic mass is 32.2. The van der Waals surface area contributed by atoms with Gasteiger partial charge in [-0.1, -0.05) is 12.1 Å². The van der Waals surface area contributed by atoms with Gasteiger partial charge in [-0.05, 0) is 29.8 Å². The Bertz CT molecular complexity index is 749. The minimum Gasteiger partial charge on any atom is -0.383 e. The fraction of sp³-hybridized carbons (Fsp3) is 0.0769. The number of aromatic nitrogens is 1. The van der Waals surface area contributed by atoms with Gasteiger partial charge in [0.25, 0.3) is 0 Å². The standard InChI is InChI=1S/C13H12N4O2S/c14-8-10-3-5-11(6-4-10)9-17-20(18,19)12-2-1-7-16-13(12)15/h1-7,17H,9H2,(H2,15,16). The number of nitrogens with one attached hydrogen (secondary N) is 1. The maximum atomic E-state index is 12.1. The minimum atomic E-state index is -3.71. The molecule has 0 amide bonds. The Morgan fingerprint density at radius 3 is 2.55 bits per heavy atom. The lowest BCUT2D eigenvalue weighted by atomic mass is 10.1. The molecule has 0 radical (unpaired) electrons. The van der Waals surface area contributed by atoms with Crippen molar-refractivity contribution in [3.05, 3.63) is 53.7 Å². The Balaban J connectivity index is 2.13.